The summed E-state index contributed by atoms with van der Waals surface area (Å²) in [6.07, 6.45) is -1.75. The van der Waals surface area contributed by atoms with Crippen LogP contribution >= 0.6 is 53.8 Å². The first-order valence-corrected chi connectivity index (χ1v) is 27.9. The van der Waals surface area contributed by atoms with Gasteiger partial charge in [0.1, 0.15) is 22.5 Å². The van der Waals surface area contributed by atoms with Crippen molar-refractivity contribution in [3.63, 3.8) is 0 Å². The maximum atomic E-state index is 12.7. The van der Waals surface area contributed by atoms with Gasteiger partial charge in [-0.2, -0.15) is 28.1 Å². The number of anilines is 2. The molecule has 2 atom stereocenters. The van der Waals surface area contributed by atoms with E-state index in [0.29, 0.717) is 40.3 Å². The highest BCUT2D eigenvalue weighted by atomic mass is 35.5. The van der Waals surface area contributed by atoms with Crippen LogP contribution in [0.5, 0.6) is 11.8 Å². The number of halogens is 7. The second kappa shape index (κ2) is 29.6. The monoisotopic (exact) mass is 1210 g/mol. The minimum absolute atomic E-state index is 0.0412. The summed E-state index contributed by atoms with van der Waals surface area (Å²) in [7, 11) is -4.91. The van der Waals surface area contributed by atoms with Gasteiger partial charge in [-0.05, 0) is 106 Å². The number of methoxy groups -OCH3 is 2. The second-order valence-electron chi connectivity index (χ2n) is 16.3. The molecule has 1 aromatic heterocycles. The Bertz CT molecular complexity index is 3100. The number of esters is 1. The van der Waals surface area contributed by atoms with Crippen molar-refractivity contribution in [2.24, 2.45) is 5.73 Å². The minimum atomic E-state index is -4.45. The van der Waals surface area contributed by atoms with E-state index in [9.17, 15) is 54.9 Å². The minimum Gasteiger partial charge on any atom is -0.494 e. The number of nitrogens with zero attached hydrogens (tertiary/aromatic N) is 4. The Hall–Kier alpha value is -6.38. The molecular formula is C47H51Cl4F3N7O15PS. The number of imide groups is 1. The Morgan fingerprint density at radius 3 is 2.04 bits per heavy atom. The number of aromatic nitrogens is 3. The summed E-state index contributed by atoms with van der Waals surface area (Å²) in [5, 5.41) is 19.7. The van der Waals surface area contributed by atoms with Crippen molar-refractivity contribution < 1.29 is 84.2 Å². The average Bonchev–Trinajstić information content (AvgIpc) is 3.62. The number of amides is 4. The van der Waals surface area contributed by atoms with Crippen LogP contribution in [0, 0.1) is 6.92 Å². The van der Waals surface area contributed by atoms with Crippen LogP contribution in [0.25, 0.3) is 6.08 Å². The van der Waals surface area contributed by atoms with Crippen molar-refractivity contribution in [2.45, 2.75) is 75.9 Å². The third kappa shape index (κ3) is 20.1. The largest absolute Gasteiger partial charge is 0.494 e. The zero-order valence-corrected chi connectivity index (χ0v) is 46.6. The summed E-state index contributed by atoms with van der Waals surface area (Å²) in [5.41, 5.74) is 6.95. The number of rotatable bonds is 16. The van der Waals surface area contributed by atoms with Crippen LogP contribution in [0.2, 0.25) is 15.1 Å². The third-order valence-corrected chi connectivity index (χ3v) is 14.1. The number of aromatic carboxylic acids is 1. The molecule has 424 valence electrons. The van der Waals surface area contributed by atoms with E-state index in [2.05, 4.69) is 20.3 Å². The summed E-state index contributed by atoms with van der Waals surface area (Å²) < 4.78 is 89.1. The number of alkyl halides is 3. The van der Waals surface area contributed by atoms with Gasteiger partial charge >= 0.3 is 36.1 Å². The first-order chi connectivity index (χ1) is 36.3. The molecule has 6 rings (SSSR count). The first-order valence-electron chi connectivity index (χ1n) is 22.6. The smallest absolute Gasteiger partial charge is 0.389 e. The van der Waals surface area contributed by atoms with Crippen LogP contribution in [0.15, 0.2) is 75.7 Å². The molecular weight excluding hydrogens is 1160 g/mol. The lowest BCUT2D eigenvalue weighted by molar-refractivity contribution is -0.139. The number of sulfonamides is 1. The number of ether oxygens (including phenoxy) is 3. The molecule has 3 aromatic carbocycles. The van der Waals surface area contributed by atoms with Crippen LogP contribution < -0.4 is 30.1 Å². The standard InChI is InChI=1S/C19H17Cl2NO4.C15H16F3N5O4S.C8H6Cl2O3.C5H12NO4P/c1-2-26-19(25)16(21)10-11-9-12(7-8-15(11)20)22-17(23)13-5-3-4-6-14(13)18(22)24;1-9-19-12(22-14(20-9)27-2)21-13(24)23-28(25,26)11-6-4-3-5-10(11)7-8-15(16,17)18;1-13-7-5(10)3-2-4(9)6(7)8(11)12;1-11(9,10)3-2-4(6)5(7)8/h7-10H,2-6H2,1H3;3-6H,7-8H2,1-2H3,(H2,19,20,21,22,23,24);2-3H,1H3,(H,11,12);4H,2-3,6H2,1H3,(H,7,8)(H,9,10)/b16-10-;;;. The summed E-state index contributed by atoms with van der Waals surface area (Å²) in [6.45, 7) is 4.56. The van der Waals surface area contributed by atoms with Gasteiger partial charge in [0.15, 0.2) is 13.1 Å². The highest BCUT2D eigenvalue weighted by Crippen LogP contribution is 2.38. The number of carbonyl (C=O) groups is 6. The molecule has 0 saturated carbocycles. The zero-order valence-electron chi connectivity index (χ0n) is 41.8. The molecule has 2 heterocycles. The van der Waals surface area contributed by atoms with E-state index in [1.165, 1.54) is 69.1 Å². The van der Waals surface area contributed by atoms with Crippen molar-refractivity contribution in [1.82, 2.24) is 19.7 Å². The summed E-state index contributed by atoms with van der Waals surface area (Å²) >= 11 is 23.5. The average molecular weight is 1220 g/mol. The molecule has 2 aliphatic rings. The van der Waals surface area contributed by atoms with Crippen LogP contribution in [-0.2, 0) is 44.9 Å². The molecule has 1 aliphatic heterocycles. The molecule has 4 aromatic rings. The van der Waals surface area contributed by atoms with E-state index < -0.39 is 71.3 Å². The number of aliphatic carboxylic acids is 1. The highest BCUT2D eigenvalue weighted by Gasteiger charge is 2.40. The first kappa shape index (κ1) is 65.9. The zero-order chi connectivity index (χ0) is 58.9. The summed E-state index contributed by atoms with van der Waals surface area (Å²) in [4.78, 5) is 90.7. The molecule has 0 fully saturated rings. The van der Waals surface area contributed by atoms with Crippen LogP contribution in [-0.4, -0.2) is 120 Å². The highest BCUT2D eigenvalue weighted by molar-refractivity contribution is 7.90. The van der Waals surface area contributed by atoms with Crippen molar-refractivity contribution in [3.05, 3.63) is 108 Å². The van der Waals surface area contributed by atoms with Crippen LogP contribution in [0.1, 0.15) is 72.8 Å². The number of carboxylic acid groups (broad SMARTS) is 2. The Balaban J connectivity index is 0.000000294. The molecule has 31 heteroatoms. The van der Waals surface area contributed by atoms with E-state index in [1.54, 1.807) is 29.8 Å². The fourth-order valence-electron chi connectivity index (χ4n) is 6.74. The number of nitrogens with two attached hydrogens (primary N) is 1. The molecule has 2 unspecified atom stereocenters. The number of urea groups is 1. The van der Waals surface area contributed by atoms with Crippen LogP contribution in [0.3, 0.4) is 0 Å². The van der Waals surface area contributed by atoms with E-state index in [0.717, 1.165) is 18.9 Å². The van der Waals surface area contributed by atoms with Crippen LogP contribution in [0.4, 0.5) is 29.6 Å². The summed E-state index contributed by atoms with van der Waals surface area (Å²) in [6, 6.07) is 10.4. The normalized spacial score (nSPS) is 14.4. The van der Waals surface area contributed by atoms with Crippen molar-refractivity contribution in [3.8, 4) is 11.8 Å². The third-order valence-electron chi connectivity index (χ3n) is 10.3. The van der Waals surface area contributed by atoms with Gasteiger partial charge in [-0.15, -0.1) is 0 Å². The molecule has 22 nitrogen and oxygen atoms in total. The van der Waals surface area contributed by atoms with Gasteiger partial charge in [0.2, 0.25) is 5.95 Å². The molecule has 1 aliphatic carbocycles. The second-order valence-corrected chi connectivity index (χ2v) is 22.1. The maximum Gasteiger partial charge on any atom is 0.389 e. The Morgan fingerprint density at radius 2 is 1.51 bits per heavy atom. The van der Waals surface area contributed by atoms with Gasteiger partial charge in [-0.1, -0.05) is 64.6 Å². The predicted octanol–water partition coefficient (Wildman–Crippen LogP) is 8.81. The summed E-state index contributed by atoms with van der Waals surface area (Å²) in [5.74, 6) is -3.49. The van der Waals surface area contributed by atoms with E-state index >= 15 is 0 Å². The molecule has 7 N–H and O–H groups in total. The number of benzene rings is 3. The number of carbonyl (C=O) groups excluding carboxylic acids is 4. The van der Waals surface area contributed by atoms with E-state index in [4.69, 9.17) is 81.5 Å². The maximum absolute atomic E-state index is 12.7. The van der Waals surface area contributed by atoms with E-state index in [-0.39, 0.29) is 80.7 Å². The molecule has 4 amide bonds. The molecule has 78 heavy (non-hydrogen) atoms. The lowest BCUT2D eigenvalue weighted by Gasteiger charge is -2.16. The number of hydrogen-bond donors (Lipinski definition) is 6. The molecule has 0 saturated heterocycles. The molecule has 0 spiro atoms. The van der Waals surface area contributed by atoms with Gasteiger partial charge in [0, 0.05) is 35.4 Å². The number of nitrogens with one attached hydrogen (secondary N) is 2. The fraction of sp³-hybridized carbons (Fsp3) is 0.340. The van der Waals surface area contributed by atoms with Gasteiger partial charge in [-0.25, -0.2) is 32.4 Å². The fourth-order valence-corrected chi connectivity index (χ4v) is 9.49. The van der Waals surface area contributed by atoms with Gasteiger partial charge in [-0.3, -0.25) is 24.3 Å². The lowest BCUT2D eigenvalue weighted by atomic mass is 9.93. The van der Waals surface area contributed by atoms with Gasteiger partial charge < -0.3 is 35.1 Å². The topological polar surface area (TPSA) is 334 Å². The van der Waals surface area contributed by atoms with Crippen molar-refractivity contribution >= 4 is 117 Å². The SMILES string of the molecule is CCOC(=O)/C(Cl)=C/c1cc(N2C(=O)C3=C(CCCC3)C2=O)ccc1Cl.COc1c(Cl)ccc(Cl)c1C(=O)O.COc1nc(C)nc(NC(=O)NS(=O)(=O)c2ccccc2CCC(F)(F)F)n1.CP(=O)(O)CCC(N)C(=O)O. The van der Waals surface area contributed by atoms with Gasteiger partial charge in [0.25, 0.3) is 21.8 Å². The van der Waals surface area contributed by atoms with E-state index in [1.807, 2.05) is 0 Å². The number of carboxylic acids is 2. The number of hydrogen-bond acceptors (Lipinski definition) is 16. The Labute approximate surface area is 464 Å². The quantitative estimate of drug-likeness (QED) is 0.0264. The van der Waals surface area contributed by atoms with Crippen molar-refractivity contribution in [2.75, 3.05) is 43.9 Å². The molecule has 0 radical (unpaired) electrons. The predicted molar refractivity (Wildman–Crippen MR) is 282 cm³/mol. The Kier molecular flexibility index (Phi) is 25.0. The molecule has 0 bridgehead atoms. The van der Waals surface area contributed by atoms with Gasteiger partial charge in [0.05, 0.1) is 41.5 Å². The lowest BCUT2D eigenvalue weighted by Crippen LogP contribution is -2.35. The van der Waals surface area contributed by atoms with Crippen molar-refractivity contribution in [1.29, 1.82) is 0 Å². The number of aryl methyl sites for hydroxylation is 2. The Morgan fingerprint density at radius 1 is 0.923 bits per heavy atom.